The number of nitrogens with one attached hydrogen (secondary N) is 1. The highest BCUT2D eigenvalue weighted by Gasteiger charge is 2.30. The fourth-order valence-corrected chi connectivity index (χ4v) is 1.53. The smallest absolute Gasteiger partial charge is 0.307 e. The van der Waals surface area contributed by atoms with E-state index in [1.807, 2.05) is 12.1 Å². The summed E-state index contributed by atoms with van der Waals surface area (Å²) in [7, 11) is 0. The fourth-order valence-electron chi connectivity index (χ4n) is 1.53. The summed E-state index contributed by atoms with van der Waals surface area (Å²) in [4.78, 5) is 7.68. The van der Waals surface area contributed by atoms with Gasteiger partial charge in [0, 0.05) is 31.7 Å². The van der Waals surface area contributed by atoms with E-state index < -0.39 is 11.7 Å². The number of alkyl halides is 3. The standard InChI is InChI=1S/C13H12F3N3/c14-13(15,16)11-1-2-12(19-8-11)9-18-7-10-3-5-17-6-4-10/h1-6,8,18H,7,9H2. The van der Waals surface area contributed by atoms with E-state index in [1.165, 1.54) is 6.07 Å². The molecule has 2 aromatic rings. The number of aromatic nitrogens is 2. The first-order valence-electron chi connectivity index (χ1n) is 5.67. The Morgan fingerprint density at radius 1 is 1.00 bits per heavy atom. The predicted molar refractivity (Wildman–Crippen MR) is 64.0 cm³/mol. The van der Waals surface area contributed by atoms with Gasteiger partial charge in [0.25, 0.3) is 0 Å². The second-order valence-corrected chi connectivity index (χ2v) is 3.99. The molecule has 0 amide bonds. The Bertz CT molecular complexity index is 509. The summed E-state index contributed by atoms with van der Waals surface area (Å²) in [6.45, 7) is 1.03. The van der Waals surface area contributed by atoms with E-state index in [-0.39, 0.29) is 0 Å². The molecule has 0 atom stereocenters. The van der Waals surface area contributed by atoms with Crippen LogP contribution in [0, 0.1) is 0 Å². The van der Waals surface area contributed by atoms with Gasteiger partial charge < -0.3 is 5.32 Å². The molecular weight excluding hydrogens is 255 g/mol. The van der Waals surface area contributed by atoms with Crippen molar-refractivity contribution in [1.82, 2.24) is 15.3 Å². The molecule has 1 N–H and O–H groups in total. The first-order chi connectivity index (χ1) is 9.05. The highest BCUT2D eigenvalue weighted by molar-refractivity contribution is 5.17. The van der Waals surface area contributed by atoms with E-state index in [0.29, 0.717) is 18.8 Å². The Labute approximate surface area is 108 Å². The van der Waals surface area contributed by atoms with Gasteiger partial charge in [-0.05, 0) is 29.8 Å². The van der Waals surface area contributed by atoms with Crippen LogP contribution in [0.1, 0.15) is 16.8 Å². The molecule has 2 rings (SSSR count). The van der Waals surface area contributed by atoms with Crippen molar-refractivity contribution in [3.63, 3.8) is 0 Å². The SMILES string of the molecule is FC(F)(F)c1ccc(CNCc2ccncc2)nc1. The maximum atomic E-state index is 12.3. The van der Waals surface area contributed by atoms with Crippen LogP contribution in [0.15, 0.2) is 42.9 Å². The maximum absolute atomic E-state index is 12.3. The molecule has 0 aromatic carbocycles. The van der Waals surface area contributed by atoms with Crippen LogP contribution in [0.4, 0.5) is 13.2 Å². The van der Waals surface area contributed by atoms with Crippen LogP contribution < -0.4 is 5.32 Å². The Morgan fingerprint density at radius 3 is 2.32 bits per heavy atom. The van der Waals surface area contributed by atoms with Gasteiger partial charge in [-0.3, -0.25) is 9.97 Å². The van der Waals surface area contributed by atoms with E-state index in [1.54, 1.807) is 12.4 Å². The zero-order valence-corrected chi connectivity index (χ0v) is 9.98. The molecule has 0 saturated carbocycles. The average molecular weight is 267 g/mol. The van der Waals surface area contributed by atoms with Gasteiger partial charge in [-0.2, -0.15) is 13.2 Å². The zero-order valence-electron chi connectivity index (χ0n) is 9.98. The van der Waals surface area contributed by atoms with Crippen LogP contribution in [0.25, 0.3) is 0 Å². The molecule has 3 nitrogen and oxygen atoms in total. The minimum Gasteiger partial charge on any atom is -0.307 e. The third kappa shape index (κ3) is 4.03. The Kier molecular flexibility index (Phi) is 4.11. The molecule has 0 unspecified atom stereocenters. The highest BCUT2D eigenvalue weighted by Crippen LogP contribution is 2.28. The molecule has 0 fully saturated rings. The summed E-state index contributed by atoms with van der Waals surface area (Å²) in [5, 5.41) is 3.10. The van der Waals surface area contributed by atoms with Gasteiger partial charge in [-0.1, -0.05) is 0 Å². The maximum Gasteiger partial charge on any atom is 0.417 e. The quantitative estimate of drug-likeness (QED) is 0.925. The van der Waals surface area contributed by atoms with Crippen molar-refractivity contribution in [3.05, 3.63) is 59.7 Å². The van der Waals surface area contributed by atoms with Crippen LogP contribution in [0.2, 0.25) is 0 Å². The van der Waals surface area contributed by atoms with Crippen LogP contribution in [0.3, 0.4) is 0 Å². The summed E-state index contributed by atoms with van der Waals surface area (Å²) in [5.74, 6) is 0. The first-order valence-corrected chi connectivity index (χ1v) is 5.67. The van der Waals surface area contributed by atoms with Gasteiger partial charge in [-0.25, -0.2) is 0 Å². The zero-order chi connectivity index (χ0) is 13.7. The molecular formula is C13H12F3N3. The number of rotatable bonds is 4. The van der Waals surface area contributed by atoms with Crippen molar-refractivity contribution in [2.75, 3.05) is 0 Å². The fraction of sp³-hybridized carbons (Fsp3) is 0.231. The largest absolute Gasteiger partial charge is 0.417 e. The molecule has 6 heteroatoms. The Hall–Kier alpha value is -1.95. The van der Waals surface area contributed by atoms with Crippen molar-refractivity contribution in [3.8, 4) is 0 Å². The van der Waals surface area contributed by atoms with Gasteiger partial charge in [-0.15, -0.1) is 0 Å². The molecule has 0 bridgehead atoms. The topological polar surface area (TPSA) is 37.8 Å². The lowest BCUT2D eigenvalue weighted by atomic mass is 10.2. The number of nitrogens with zero attached hydrogens (tertiary/aromatic N) is 2. The third-order valence-electron chi connectivity index (χ3n) is 2.54. The molecule has 0 aliphatic heterocycles. The second-order valence-electron chi connectivity index (χ2n) is 3.99. The molecule has 0 spiro atoms. The van der Waals surface area contributed by atoms with Crippen LogP contribution in [-0.4, -0.2) is 9.97 Å². The van der Waals surface area contributed by atoms with Gasteiger partial charge in [0.15, 0.2) is 0 Å². The molecule has 2 aromatic heterocycles. The van der Waals surface area contributed by atoms with E-state index in [9.17, 15) is 13.2 Å². The number of pyridine rings is 2. The lowest BCUT2D eigenvalue weighted by molar-refractivity contribution is -0.137. The summed E-state index contributed by atoms with van der Waals surface area (Å²) in [6.07, 6.45) is -0.111. The van der Waals surface area contributed by atoms with Crippen LogP contribution in [0.5, 0.6) is 0 Å². The monoisotopic (exact) mass is 267 g/mol. The molecule has 0 saturated heterocycles. The minimum atomic E-state index is -4.34. The van der Waals surface area contributed by atoms with Crippen molar-refractivity contribution in [1.29, 1.82) is 0 Å². The van der Waals surface area contributed by atoms with Gasteiger partial charge in [0.2, 0.25) is 0 Å². The minimum absolute atomic E-state index is 0.417. The van der Waals surface area contributed by atoms with E-state index in [4.69, 9.17) is 0 Å². The summed E-state index contributed by atoms with van der Waals surface area (Å²) in [6, 6.07) is 6.15. The van der Waals surface area contributed by atoms with E-state index in [0.717, 1.165) is 17.8 Å². The van der Waals surface area contributed by atoms with Gasteiger partial charge >= 0.3 is 6.18 Å². The normalized spacial score (nSPS) is 11.5. The predicted octanol–water partition coefficient (Wildman–Crippen LogP) is 2.79. The van der Waals surface area contributed by atoms with Crippen molar-refractivity contribution in [2.45, 2.75) is 19.3 Å². The lowest BCUT2D eigenvalue weighted by Crippen LogP contribution is -2.14. The molecule has 0 aliphatic carbocycles. The summed E-state index contributed by atoms with van der Waals surface area (Å²) >= 11 is 0. The van der Waals surface area contributed by atoms with Crippen molar-refractivity contribution in [2.24, 2.45) is 0 Å². The molecule has 0 aliphatic rings. The van der Waals surface area contributed by atoms with Gasteiger partial charge in [0.05, 0.1) is 11.3 Å². The molecule has 2 heterocycles. The van der Waals surface area contributed by atoms with Gasteiger partial charge in [0.1, 0.15) is 0 Å². The van der Waals surface area contributed by atoms with Crippen LogP contribution in [-0.2, 0) is 19.3 Å². The van der Waals surface area contributed by atoms with E-state index in [2.05, 4.69) is 15.3 Å². The number of hydrogen-bond donors (Lipinski definition) is 1. The first kappa shape index (κ1) is 13.5. The molecule has 0 radical (unpaired) electrons. The summed E-state index contributed by atoms with van der Waals surface area (Å²) in [5.41, 5.74) is 0.898. The summed E-state index contributed by atoms with van der Waals surface area (Å²) < 4.78 is 37.0. The second kappa shape index (κ2) is 5.79. The molecule has 19 heavy (non-hydrogen) atoms. The number of halogens is 3. The van der Waals surface area contributed by atoms with Crippen molar-refractivity contribution >= 4 is 0 Å². The van der Waals surface area contributed by atoms with Crippen molar-refractivity contribution < 1.29 is 13.2 Å². The van der Waals surface area contributed by atoms with E-state index >= 15 is 0 Å². The third-order valence-corrected chi connectivity index (χ3v) is 2.54. The Balaban J connectivity index is 1.87. The highest BCUT2D eigenvalue weighted by atomic mass is 19.4. The van der Waals surface area contributed by atoms with Crippen LogP contribution >= 0.6 is 0 Å². The average Bonchev–Trinajstić information content (AvgIpc) is 2.39. The lowest BCUT2D eigenvalue weighted by Gasteiger charge is -2.07. The Morgan fingerprint density at radius 2 is 1.74 bits per heavy atom. The number of hydrogen-bond acceptors (Lipinski definition) is 3. The molecule has 100 valence electrons.